The van der Waals surface area contributed by atoms with Gasteiger partial charge in [-0.2, -0.15) is 0 Å². The predicted octanol–water partition coefficient (Wildman–Crippen LogP) is 5.49. The average molecular weight is 300 g/mol. The maximum Gasteiger partial charge on any atom is 0.0948 e. The number of hydrogen-bond donors (Lipinski definition) is 0. The van der Waals surface area contributed by atoms with Crippen LogP contribution >= 0.6 is 0 Å². The molecule has 0 bridgehead atoms. The molecule has 1 aromatic rings. The highest BCUT2D eigenvalue weighted by molar-refractivity contribution is 5.24. The van der Waals surface area contributed by atoms with Crippen LogP contribution in [0, 0.1) is 29.1 Å². The van der Waals surface area contributed by atoms with Crippen LogP contribution in [0.25, 0.3) is 0 Å². The van der Waals surface area contributed by atoms with Gasteiger partial charge in [-0.25, -0.2) is 4.98 Å². The standard InChI is InChI=1S/C20H32N2/c1-14(2)18-7-6-16-12-17(22-11-10-21-13-22)8-9-20(16,5)19(18)15(3)4/h6,10-11,13-15,17-19H,7-9,12H2,1-5H3/t17-,18?,19?,20-/m0/s1. The molecular formula is C20H32N2. The molecule has 2 heteroatoms. The minimum absolute atomic E-state index is 0.415. The van der Waals surface area contributed by atoms with Crippen molar-refractivity contribution in [2.75, 3.05) is 0 Å². The average Bonchev–Trinajstić information content (AvgIpc) is 2.98. The lowest BCUT2D eigenvalue weighted by Gasteiger charge is -2.53. The number of hydrogen-bond acceptors (Lipinski definition) is 1. The van der Waals surface area contributed by atoms with Crippen LogP contribution in [-0.2, 0) is 0 Å². The molecule has 2 aliphatic carbocycles. The maximum atomic E-state index is 4.24. The number of nitrogens with zero attached hydrogens (tertiary/aromatic N) is 2. The largest absolute Gasteiger partial charge is 0.334 e. The highest BCUT2D eigenvalue weighted by Gasteiger charge is 2.48. The topological polar surface area (TPSA) is 17.8 Å². The quantitative estimate of drug-likeness (QED) is 0.675. The van der Waals surface area contributed by atoms with Crippen LogP contribution in [0.4, 0.5) is 0 Å². The molecule has 0 amide bonds. The Morgan fingerprint density at radius 3 is 2.59 bits per heavy atom. The van der Waals surface area contributed by atoms with Gasteiger partial charge < -0.3 is 4.57 Å². The van der Waals surface area contributed by atoms with Crippen molar-refractivity contribution in [1.29, 1.82) is 0 Å². The molecule has 0 N–H and O–H groups in total. The van der Waals surface area contributed by atoms with E-state index in [-0.39, 0.29) is 0 Å². The van der Waals surface area contributed by atoms with E-state index in [1.807, 2.05) is 12.5 Å². The summed E-state index contributed by atoms with van der Waals surface area (Å²) in [5, 5.41) is 0. The molecule has 2 unspecified atom stereocenters. The molecule has 1 aromatic heterocycles. The second-order valence-electron chi connectivity index (χ2n) is 8.47. The number of rotatable bonds is 3. The van der Waals surface area contributed by atoms with Crippen LogP contribution in [0.15, 0.2) is 30.4 Å². The van der Waals surface area contributed by atoms with Crippen LogP contribution in [0.2, 0.25) is 0 Å². The van der Waals surface area contributed by atoms with Gasteiger partial charge in [0.1, 0.15) is 0 Å². The van der Waals surface area contributed by atoms with Crippen LogP contribution in [0.3, 0.4) is 0 Å². The first kappa shape index (κ1) is 15.8. The lowest BCUT2D eigenvalue weighted by molar-refractivity contribution is 0.0365. The Balaban J connectivity index is 1.89. The molecular weight excluding hydrogens is 268 g/mol. The van der Waals surface area contributed by atoms with Crippen LogP contribution < -0.4 is 0 Å². The zero-order valence-electron chi connectivity index (χ0n) is 14.9. The molecule has 0 aliphatic heterocycles. The Kier molecular flexibility index (Phi) is 4.22. The van der Waals surface area contributed by atoms with Gasteiger partial charge in [0, 0.05) is 18.4 Å². The van der Waals surface area contributed by atoms with E-state index >= 15 is 0 Å². The van der Waals surface area contributed by atoms with Gasteiger partial charge in [0.25, 0.3) is 0 Å². The Bertz CT molecular complexity index is 526. The third kappa shape index (κ3) is 2.55. The van der Waals surface area contributed by atoms with Crippen molar-refractivity contribution < 1.29 is 0 Å². The molecule has 22 heavy (non-hydrogen) atoms. The Hall–Kier alpha value is -1.05. The second-order valence-corrected chi connectivity index (χ2v) is 8.47. The van der Waals surface area contributed by atoms with E-state index in [4.69, 9.17) is 0 Å². The van der Waals surface area contributed by atoms with Gasteiger partial charge in [-0.05, 0) is 54.8 Å². The molecule has 122 valence electrons. The fraction of sp³-hybridized carbons (Fsp3) is 0.750. The van der Waals surface area contributed by atoms with E-state index in [1.165, 1.54) is 25.7 Å². The van der Waals surface area contributed by atoms with Crippen molar-refractivity contribution in [3.63, 3.8) is 0 Å². The van der Waals surface area contributed by atoms with Crippen LogP contribution in [0.5, 0.6) is 0 Å². The number of allylic oxidation sites excluding steroid dienone is 2. The molecule has 4 atom stereocenters. The molecule has 0 spiro atoms. The third-order valence-electron chi connectivity index (χ3n) is 6.54. The number of aromatic nitrogens is 2. The molecule has 0 radical (unpaired) electrons. The van der Waals surface area contributed by atoms with Gasteiger partial charge in [-0.15, -0.1) is 0 Å². The number of imidazole rings is 1. The van der Waals surface area contributed by atoms with Gasteiger partial charge in [-0.1, -0.05) is 46.3 Å². The van der Waals surface area contributed by atoms with Gasteiger partial charge in [0.15, 0.2) is 0 Å². The van der Waals surface area contributed by atoms with E-state index < -0.39 is 0 Å². The Morgan fingerprint density at radius 1 is 1.23 bits per heavy atom. The fourth-order valence-electron chi connectivity index (χ4n) is 5.47. The molecule has 0 saturated heterocycles. The second kappa shape index (κ2) is 5.86. The molecule has 2 nitrogen and oxygen atoms in total. The Morgan fingerprint density at radius 2 is 2.00 bits per heavy atom. The van der Waals surface area contributed by atoms with Crippen LogP contribution in [-0.4, -0.2) is 9.55 Å². The van der Waals surface area contributed by atoms with Crippen molar-refractivity contribution in [2.24, 2.45) is 29.1 Å². The van der Waals surface area contributed by atoms with E-state index in [0.717, 1.165) is 23.7 Å². The molecule has 1 fully saturated rings. The first-order valence-corrected chi connectivity index (χ1v) is 9.10. The normalized spacial score (nSPS) is 35.6. The SMILES string of the molecule is CC(C)C1CC=C2C[C@@H](n3ccnc3)CC[C@]2(C)C1C(C)C. The summed E-state index contributed by atoms with van der Waals surface area (Å²) in [6.45, 7) is 12.3. The lowest BCUT2D eigenvalue weighted by atomic mass is 9.52. The van der Waals surface area contributed by atoms with E-state index in [9.17, 15) is 0 Å². The van der Waals surface area contributed by atoms with E-state index in [0.29, 0.717) is 11.5 Å². The zero-order valence-corrected chi connectivity index (χ0v) is 14.9. The summed E-state index contributed by atoms with van der Waals surface area (Å²) in [6.07, 6.45) is 13.8. The van der Waals surface area contributed by atoms with Gasteiger partial charge in [0.05, 0.1) is 6.33 Å². The van der Waals surface area contributed by atoms with Crippen LogP contribution in [0.1, 0.15) is 66.3 Å². The minimum Gasteiger partial charge on any atom is -0.334 e. The summed E-state index contributed by atoms with van der Waals surface area (Å²) in [5.74, 6) is 3.23. The van der Waals surface area contributed by atoms with Gasteiger partial charge >= 0.3 is 0 Å². The highest BCUT2D eigenvalue weighted by atomic mass is 15.1. The molecule has 3 rings (SSSR count). The monoisotopic (exact) mass is 300 g/mol. The van der Waals surface area contributed by atoms with E-state index in [1.54, 1.807) is 5.57 Å². The van der Waals surface area contributed by atoms with Crippen molar-refractivity contribution in [2.45, 2.75) is 66.3 Å². The summed E-state index contributed by atoms with van der Waals surface area (Å²) < 4.78 is 2.32. The van der Waals surface area contributed by atoms with Crippen molar-refractivity contribution in [3.8, 4) is 0 Å². The van der Waals surface area contributed by atoms with Crippen molar-refractivity contribution >= 4 is 0 Å². The fourth-order valence-corrected chi connectivity index (χ4v) is 5.47. The third-order valence-corrected chi connectivity index (χ3v) is 6.54. The first-order chi connectivity index (χ1) is 10.4. The summed E-state index contributed by atoms with van der Waals surface area (Å²) in [5.41, 5.74) is 2.14. The maximum absolute atomic E-state index is 4.24. The summed E-state index contributed by atoms with van der Waals surface area (Å²) in [6, 6.07) is 0.616. The Labute approximate surface area is 136 Å². The van der Waals surface area contributed by atoms with Crippen molar-refractivity contribution in [1.82, 2.24) is 9.55 Å². The summed E-state index contributed by atoms with van der Waals surface area (Å²) >= 11 is 0. The smallest absolute Gasteiger partial charge is 0.0948 e. The first-order valence-electron chi connectivity index (χ1n) is 9.10. The minimum atomic E-state index is 0.415. The zero-order chi connectivity index (χ0) is 15.9. The molecule has 2 aliphatic rings. The molecule has 1 saturated carbocycles. The summed E-state index contributed by atoms with van der Waals surface area (Å²) in [7, 11) is 0. The predicted molar refractivity (Wildman–Crippen MR) is 92.6 cm³/mol. The van der Waals surface area contributed by atoms with Gasteiger partial charge in [0.2, 0.25) is 0 Å². The molecule has 1 heterocycles. The summed E-state index contributed by atoms with van der Waals surface area (Å²) in [4.78, 5) is 4.24. The van der Waals surface area contributed by atoms with E-state index in [2.05, 4.69) is 56.4 Å². The molecule has 0 aromatic carbocycles. The van der Waals surface area contributed by atoms with Crippen molar-refractivity contribution in [3.05, 3.63) is 30.4 Å². The highest BCUT2D eigenvalue weighted by Crippen LogP contribution is 2.57. The number of fused-ring (bicyclic) bond motifs is 1. The van der Waals surface area contributed by atoms with Gasteiger partial charge in [-0.3, -0.25) is 0 Å². The lowest BCUT2D eigenvalue weighted by Crippen LogP contribution is -2.45.